The molecule has 12 rings (SSSR count). The number of nitrogens with zero attached hydrogens (tertiary/aromatic N) is 4. The van der Waals surface area contributed by atoms with Crippen LogP contribution in [-0.2, 0) is 9.59 Å². The summed E-state index contributed by atoms with van der Waals surface area (Å²) in [6, 6.07) is 85.8. The summed E-state index contributed by atoms with van der Waals surface area (Å²) in [4.78, 5) is 43.9. The van der Waals surface area contributed by atoms with Crippen molar-refractivity contribution in [3.63, 3.8) is 0 Å². The summed E-state index contributed by atoms with van der Waals surface area (Å²) in [7, 11) is 0. The highest BCUT2D eigenvalue weighted by molar-refractivity contribution is 7.17. The first kappa shape index (κ1) is 57.6. The molecule has 0 saturated heterocycles. The Morgan fingerprint density at radius 1 is 0.326 bits per heavy atom. The van der Waals surface area contributed by atoms with Gasteiger partial charge in [-0.3, -0.25) is 9.59 Å². The van der Waals surface area contributed by atoms with E-state index in [1.807, 2.05) is 9.80 Å². The smallest absolute Gasteiger partial charge is 0.261 e. The summed E-state index contributed by atoms with van der Waals surface area (Å²) in [6.07, 6.45) is 8.36. The molecule has 0 spiro atoms. The number of amides is 2. The van der Waals surface area contributed by atoms with Crippen LogP contribution < -0.4 is 9.80 Å². The molecule has 6 nitrogen and oxygen atoms in total. The van der Waals surface area contributed by atoms with Gasteiger partial charge < -0.3 is 19.6 Å². The Morgan fingerprint density at radius 3 is 0.884 bits per heavy atom. The summed E-state index contributed by atoms with van der Waals surface area (Å²) >= 11 is 3.35. The lowest BCUT2D eigenvalue weighted by molar-refractivity contribution is -0.124. The molecule has 0 N–H and O–H groups in total. The second kappa shape index (κ2) is 26.6. The first-order valence-electron chi connectivity index (χ1n) is 30.9. The molecule has 0 saturated carbocycles. The van der Waals surface area contributed by atoms with Crippen molar-refractivity contribution in [1.82, 2.24) is 9.80 Å². The Hall–Kier alpha value is -8.82. The number of rotatable bonds is 24. The first-order valence-corrected chi connectivity index (χ1v) is 32.5. The Labute approximate surface area is 516 Å². The lowest BCUT2D eigenvalue weighted by Crippen LogP contribution is -2.34. The highest BCUT2D eigenvalue weighted by atomic mass is 32.1. The summed E-state index contributed by atoms with van der Waals surface area (Å²) in [5.41, 5.74) is 16.0. The van der Waals surface area contributed by atoms with E-state index in [-0.39, 0.29) is 11.8 Å². The van der Waals surface area contributed by atoms with Gasteiger partial charge in [0.05, 0.1) is 32.3 Å². The van der Waals surface area contributed by atoms with Crippen LogP contribution in [0.4, 0.5) is 34.1 Å². The molecule has 86 heavy (non-hydrogen) atoms. The van der Waals surface area contributed by atoms with Gasteiger partial charge in [0.2, 0.25) is 0 Å². The molecule has 430 valence electrons. The predicted molar refractivity (Wildman–Crippen MR) is 364 cm³/mol. The molecule has 0 aliphatic carbocycles. The molecule has 8 aromatic carbocycles. The van der Waals surface area contributed by atoms with E-state index < -0.39 is 0 Å². The lowest BCUT2D eigenvalue weighted by Gasteiger charge is -2.29. The second-order valence-electron chi connectivity index (χ2n) is 22.7. The van der Waals surface area contributed by atoms with Crippen LogP contribution >= 0.6 is 22.7 Å². The van der Waals surface area contributed by atoms with Crippen LogP contribution in [0.15, 0.2) is 254 Å². The number of carbonyl (C=O) groups is 2. The topological polar surface area (TPSA) is 47.1 Å². The van der Waals surface area contributed by atoms with Gasteiger partial charge in [0.15, 0.2) is 0 Å². The van der Waals surface area contributed by atoms with Crippen LogP contribution in [0.3, 0.4) is 0 Å². The molecular weight excluding hydrogens is 1090 g/mol. The number of anilines is 6. The van der Waals surface area contributed by atoms with Gasteiger partial charge in [0.1, 0.15) is 0 Å². The largest absolute Gasteiger partial charge is 0.311 e. The van der Waals surface area contributed by atoms with Crippen molar-refractivity contribution in [2.45, 2.75) is 79.1 Å². The molecule has 2 unspecified atom stereocenters. The van der Waals surface area contributed by atoms with Crippen molar-refractivity contribution in [3.05, 3.63) is 264 Å². The van der Waals surface area contributed by atoms with Crippen molar-refractivity contribution in [3.8, 4) is 43.1 Å². The number of hydrogen-bond donors (Lipinski definition) is 0. The summed E-state index contributed by atoms with van der Waals surface area (Å²) in [5, 5.41) is 0. The Balaban J connectivity index is 0.860. The van der Waals surface area contributed by atoms with Gasteiger partial charge in [0.25, 0.3) is 11.8 Å². The quantitative estimate of drug-likeness (QED) is 0.0605. The van der Waals surface area contributed by atoms with Crippen LogP contribution in [0.5, 0.6) is 0 Å². The average molecular weight is 1160 g/mol. The van der Waals surface area contributed by atoms with Crippen molar-refractivity contribution in [1.29, 1.82) is 0 Å². The van der Waals surface area contributed by atoms with E-state index >= 15 is 9.59 Å². The number of para-hydroxylation sites is 4. The van der Waals surface area contributed by atoms with Crippen molar-refractivity contribution < 1.29 is 9.59 Å². The van der Waals surface area contributed by atoms with Crippen molar-refractivity contribution in [2.75, 3.05) is 22.9 Å². The van der Waals surface area contributed by atoms with Crippen molar-refractivity contribution in [2.24, 2.45) is 11.8 Å². The Morgan fingerprint density at radius 2 is 0.593 bits per heavy atom. The minimum atomic E-state index is -0.0561. The summed E-state index contributed by atoms with van der Waals surface area (Å²) < 4.78 is 0. The number of hydrogen-bond acceptors (Lipinski definition) is 6. The predicted octanol–water partition coefficient (Wildman–Crippen LogP) is 21.7. The third-order valence-corrected chi connectivity index (χ3v) is 19.4. The zero-order valence-corrected chi connectivity index (χ0v) is 51.4. The van der Waals surface area contributed by atoms with Gasteiger partial charge in [-0.2, -0.15) is 0 Å². The molecule has 0 bridgehead atoms. The molecular formula is C78H74N4O2S2. The third-order valence-electron chi connectivity index (χ3n) is 17.1. The molecule has 8 heteroatoms. The number of thiophene rings is 2. The minimum Gasteiger partial charge on any atom is -0.311 e. The molecule has 2 amide bonds. The van der Waals surface area contributed by atoms with Gasteiger partial charge in [-0.05, 0) is 155 Å². The first-order chi connectivity index (χ1) is 42.3. The van der Waals surface area contributed by atoms with Crippen LogP contribution in [0.1, 0.15) is 88.8 Å². The van der Waals surface area contributed by atoms with E-state index in [1.54, 1.807) is 22.7 Å². The zero-order chi connectivity index (χ0) is 58.9. The Kier molecular flexibility index (Phi) is 17.8. The van der Waals surface area contributed by atoms with Crippen LogP contribution in [0, 0.1) is 11.8 Å². The normalized spacial score (nSPS) is 13.9. The van der Waals surface area contributed by atoms with E-state index in [4.69, 9.17) is 0 Å². The third kappa shape index (κ3) is 12.1. The molecule has 2 aliphatic rings. The molecule has 2 atom stereocenters. The number of benzene rings is 8. The zero-order valence-electron chi connectivity index (χ0n) is 49.7. The van der Waals surface area contributed by atoms with E-state index in [0.717, 1.165) is 150 Å². The van der Waals surface area contributed by atoms with Gasteiger partial charge in [-0.1, -0.05) is 212 Å². The Bertz CT molecular complexity index is 3620. The summed E-state index contributed by atoms with van der Waals surface area (Å²) in [5.74, 6) is 0.490. The highest BCUT2D eigenvalue weighted by Gasteiger charge is 2.50. The van der Waals surface area contributed by atoms with Gasteiger partial charge in [-0.15, -0.1) is 22.7 Å². The van der Waals surface area contributed by atoms with Crippen LogP contribution in [0.25, 0.3) is 54.5 Å². The van der Waals surface area contributed by atoms with Crippen LogP contribution in [-0.4, -0.2) is 34.7 Å². The maximum absolute atomic E-state index is 15.7. The molecule has 2 aliphatic heterocycles. The average Bonchev–Trinajstić information content (AvgIpc) is 1.62. The fourth-order valence-corrected chi connectivity index (χ4v) is 14.5. The van der Waals surface area contributed by atoms with E-state index in [2.05, 4.69) is 280 Å². The highest BCUT2D eigenvalue weighted by Crippen LogP contribution is 2.51. The number of carbonyl (C=O) groups excluding carboxylic acids is 2. The second-order valence-corrected chi connectivity index (χ2v) is 24.9. The number of fused-ring (bicyclic) bond motifs is 1. The van der Waals surface area contributed by atoms with Gasteiger partial charge >= 0.3 is 0 Å². The van der Waals surface area contributed by atoms with Crippen molar-refractivity contribution >= 4 is 80.0 Å². The van der Waals surface area contributed by atoms with E-state index in [9.17, 15) is 0 Å². The SMILES string of the molecule is CCCCC(CC)CN1C(=O)C2=C(c3ccc(-c4ccc(-c5ccc(N(c6ccccc6)c6ccccc6)cc5)cc4)s3)N(CC(CC)CCCC)C(=O)C2=C1c1ccc(-c2ccc(-c3ccc(N(c4ccccc4)c4ccccc4)cc3)cc2)s1. The van der Waals surface area contributed by atoms with Crippen LogP contribution in [0.2, 0.25) is 0 Å². The fourth-order valence-electron chi connectivity index (χ4n) is 12.3. The molecule has 0 fully saturated rings. The molecule has 10 aromatic rings. The molecule has 4 heterocycles. The summed E-state index contributed by atoms with van der Waals surface area (Å²) in [6.45, 7) is 10.1. The van der Waals surface area contributed by atoms with Gasteiger partial charge in [-0.25, -0.2) is 0 Å². The maximum atomic E-state index is 15.7. The van der Waals surface area contributed by atoms with Gasteiger partial charge in [0, 0.05) is 57.0 Å². The van der Waals surface area contributed by atoms with E-state index in [0.29, 0.717) is 36.1 Å². The molecule has 0 radical (unpaired) electrons. The monoisotopic (exact) mass is 1160 g/mol. The fraction of sp³-hybridized carbons (Fsp3) is 0.205. The maximum Gasteiger partial charge on any atom is 0.261 e. The standard InChI is InChI=1S/C78H74N4O2S2/c1-5-9-23-55(7-3)53-79-75(71-51-49-69(85-71)61-37-33-57(34-38-61)59-41-45-67(46-42-59)81(63-25-15-11-16-26-63)64-27-17-12-18-28-64)73-74(77(79)83)76(80(78(73)84)54-56(8-4)24-10-6-2)72-52-50-70(86-72)62-39-35-58(36-40-62)60-43-47-68(48-44-60)82(65-29-19-13-20-30-65)66-31-21-14-22-32-66/h11-22,25-52,55-56H,5-10,23-24,53-54H2,1-4H3. The number of unbranched alkanes of at least 4 members (excludes halogenated alkanes) is 2. The minimum absolute atomic E-state index is 0.0561. The van der Waals surface area contributed by atoms with E-state index in [1.165, 1.54) is 0 Å². The molecule has 2 aromatic heterocycles. The lowest BCUT2D eigenvalue weighted by atomic mass is 9.98.